The normalized spacial score (nSPS) is 17.2. The lowest BCUT2D eigenvalue weighted by Crippen LogP contribution is -2.33. The molecule has 26 heavy (non-hydrogen) atoms. The molecule has 1 aliphatic rings. The monoisotopic (exact) mass is 343 g/mol. The van der Waals surface area contributed by atoms with Crippen molar-refractivity contribution in [2.24, 2.45) is 15.8 Å². The second-order valence-corrected chi connectivity index (χ2v) is 5.66. The molecule has 1 atom stereocenters. The van der Waals surface area contributed by atoms with Crippen LogP contribution in [0.15, 0.2) is 82.2 Å². The highest BCUT2D eigenvalue weighted by atomic mass is 16.1. The van der Waals surface area contributed by atoms with Crippen LogP contribution in [0.1, 0.15) is 18.4 Å². The zero-order valence-corrected chi connectivity index (χ0v) is 14.2. The van der Waals surface area contributed by atoms with Crippen LogP contribution in [-0.4, -0.2) is 17.8 Å². The first-order chi connectivity index (χ1) is 12.7. The highest BCUT2D eigenvalue weighted by Gasteiger charge is 2.35. The third kappa shape index (κ3) is 3.10. The maximum atomic E-state index is 12.3. The highest BCUT2D eigenvalue weighted by Crippen LogP contribution is 2.36. The van der Waals surface area contributed by atoms with Crippen LogP contribution in [-0.2, 0) is 4.79 Å². The molecule has 2 aromatic carbocycles. The molecular formula is C20H17N5O. The summed E-state index contributed by atoms with van der Waals surface area (Å²) in [7, 11) is 0. The van der Waals surface area contributed by atoms with Crippen LogP contribution in [0.5, 0.6) is 0 Å². The molecule has 0 aromatic heterocycles. The molecule has 2 N–H and O–H groups in total. The van der Waals surface area contributed by atoms with Crippen molar-refractivity contribution >= 4 is 23.5 Å². The van der Waals surface area contributed by atoms with Crippen LogP contribution < -0.4 is 10.7 Å². The Balaban J connectivity index is 2.26. The van der Waals surface area contributed by atoms with Crippen molar-refractivity contribution in [1.29, 1.82) is 5.26 Å². The summed E-state index contributed by atoms with van der Waals surface area (Å²) >= 11 is 0. The molecule has 0 bridgehead atoms. The maximum absolute atomic E-state index is 12.3. The summed E-state index contributed by atoms with van der Waals surface area (Å²) in [6, 6.07) is 20.7. The average Bonchev–Trinajstić information content (AvgIpc) is 2.68. The third-order valence-corrected chi connectivity index (χ3v) is 4.02. The number of aliphatic imine (C=N–C) groups is 1. The quantitative estimate of drug-likeness (QED) is 0.682. The number of allylic oxidation sites excluding steroid dienone is 1. The molecular weight excluding hydrogens is 326 g/mol. The van der Waals surface area contributed by atoms with Crippen molar-refractivity contribution in [3.05, 3.63) is 77.6 Å². The minimum absolute atomic E-state index is 0.205. The Hall–Kier alpha value is -3.72. The van der Waals surface area contributed by atoms with Gasteiger partial charge in [0.05, 0.1) is 29.6 Å². The number of ketones is 1. The van der Waals surface area contributed by atoms with Gasteiger partial charge in [-0.25, -0.2) is 10.0 Å². The van der Waals surface area contributed by atoms with Gasteiger partial charge in [0.2, 0.25) is 0 Å². The number of nitrogens with zero attached hydrogens (tertiary/aromatic N) is 4. The molecule has 6 nitrogen and oxygen atoms in total. The average molecular weight is 343 g/mol. The number of nitriles is 1. The Morgan fingerprint density at radius 3 is 2.35 bits per heavy atom. The van der Waals surface area contributed by atoms with Crippen molar-refractivity contribution in [3.63, 3.8) is 0 Å². The highest BCUT2D eigenvalue weighted by molar-refractivity contribution is 6.42. The van der Waals surface area contributed by atoms with Crippen molar-refractivity contribution in [2.75, 3.05) is 5.01 Å². The summed E-state index contributed by atoms with van der Waals surface area (Å²) in [4.78, 5) is 16.5. The first kappa shape index (κ1) is 17.1. The van der Waals surface area contributed by atoms with Gasteiger partial charge in [-0.15, -0.1) is 0 Å². The number of carbonyl (C=O) groups is 1. The smallest absolute Gasteiger partial charge is 0.176 e. The predicted octanol–water partition coefficient (Wildman–Crippen LogP) is 2.96. The van der Waals surface area contributed by atoms with E-state index in [1.165, 1.54) is 11.9 Å². The number of nitrogens with two attached hydrogens (primary N) is 1. The van der Waals surface area contributed by atoms with Gasteiger partial charge in [0.1, 0.15) is 5.71 Å². The fourth-order valence-corrected chi connectivity index (χ4v) is 2.90. The number of carbonyl (C=O) groups excluding carboxylic acids is 1. The van der Waals surface area contributed by atoms with E-state index in [9.17, 15) is 10.1 Å². The molecule has 128 valence electrons. The molecule has 1 aliphatic heterocycles. The molecule has 0 amide bonds. The number of anilines is 1. The molecule has 0 saturated heterocycles. The molecule has 0 spiro atoms. The van der Waals surface area contributed by atoms with E-state index >= 15 is 0 Å². The molecule has 0 saturated carbocycles. The lowest BCUT2D eigenvalue weighted by molar-refractivity contribution is -0.111. The Morgan fingerprint density at radius 2 is 1.81 bits per heavy atom. The van der Waals surface area contributed by atoms with E-state index < -0.39 is 5.92 Å². The first-order valence-electron chi connectivity index (χ1n) is 8.05. The van der Waals surface area contributed by atoms with Gasteiger partial charge < -0.3 is 5.73 Å². The van der Waals surface area contributed by atoms with E-state index in [2.05, 4.69) is 16.2 Å². The molecule has 0 aliphatic carbocycles. The second-order valence-electron chi connectivity index (χ2n) is 5.66. The number of benzene rings is 2. The maximum Gasteiger partial charge on any atom is 0.176 e. The standard InChI is InChI=1S/C20H17N5O/c1-14(26)19-18(15-8-4-2-5-9-15)17(12-21)20(23-13-22)25(24-19)16-10-6-3-7-11-16/h2-11,13,18H,1H3,(H2,22,23). The summed E-state index contributed by atoms with van der Waals surface area (Å²) in [5.74, 6) is -0.485. The van der Waals surface area contributed by atoms with E-state index in [0.29, 0.717) is 17.1 Å². The first-order valence-corrected chi connectivity index (χ1v) is 8.05. The van der Waals surface area contributed by atoms with Crippen LogP contribution in [0.3, 0.4) is 0 Å². The third-order valence-electron chi connectivity index (χ3n) is 4.02. The summed E-state index contributed by atoms with van der Waals surface area (Å²) in [5, 5.41) is 15.9. The molecule has 1 heterocycles. The Kier molecular flexibility index (Phi) is 4.90. The van der Waals surface area contributed by atoms with E-state index in [0.717, 1.165) is 11.9 Å². The van der Waals surface area contributed by atoms with Crippen LogP contribution in [0.4, 0.5) is 5.69 Å². The topological polar surface area (TPSA) is 94.8 Å². The second kappa shape index (κ2) is 7.45. The SMILES string of the molecule is CC(=O)C1=NN(c2ccccc2)C(/N=C\N)=C(C#N)C1c1ccccc1. The van der Waals surface area contributed by atoms with Gasteiger partial charge in [0.15, 0.2) is 11.6 Å². The van der Waals surface area contributed by atoms with Crippen LogP contribution >= 0.6 is 0 Å². The predicted molar refractivity (Wildman–Crippen MR) is 102 cm³/mol. The van der Waals surface area contributed by atoms with Crippen molar-refractivity contribution in [1.82, 2.24) is 0 Å². The summed E-state index contributed by atoms with van der Waals surface area (Å²) in [5.41, 5.74) is 7.61. The molecule has 0 fully saturated rings. The minimum Gasteiger partial charge on any atom is -0.390 e. The summed E-state index contributed by atoms with van der Waals surface area (Å²) < 4.78 is 0. The number of hydrazone groups is 1. The number of rotatable bonds is 4. The fraction of sp³-hybridized carbons (Fsp3) is 0.100. The van der Waals surface area contributed by atoms with Crippen molar-refractivity contribution in [3.8, 4) is 6.07 Å². The van der Waals surface area contributed by atoms with E-state index in [1.54, 1.807) is 0 Å². The van der Waals surface area contributed by atoms with Crippen LogP contribution in [0.25, 0.3) is 0 Å². The summed E-state index contributed by atoms with van der Waals surface area (Å²) in [6.45, 7) is 1.45. The Bertz CT molecular complexity index is 939. The van der Waals surface area contributed by atoms with Crippen molar-refractivity contribution in [2.45, 2.75) is 12.8 Å². The minimum atomic E-state index is -0.586. The lowest BCUT2D eigenvalue weighted by Gasteiger charge is -2.30. The number of hydrogen-bond donors (Lipinski definition) is 1. The van der Waals surface area contributed by atoms with E-state index in [1.807, 2.05) is 60.7 Å². The molecule has 6 heteroatoms. The number of para-hydroxylation sites is 1. The van der Waals surface area contributed by atoms with Crippen molar-refractivity contribution < 1.29 is 4.79 Å². The number of Topliss-reactive ketones (excluding diaryl/α,β-unsaturated/α-hetero) is 1. The van der Waals surface area contributed by atoms with Gasteiger partial charge >= 0.3 is 0 Å². The van der Waals surface area contributed by atoms with Gasteiger partial charge in [-0.3, -0.25) is 4.79 Å². The largest absolute Gasteiger partial charge is 0.390 e. The van der Waals surface area contributed by atoms with Gasteiger partial charge in [0.25, 0.3) is 0 Å². The van der Waals surface area contributed by atoms with Crippen LogP contribution in [0, 0.1) is 11.3 Å². The lowest BCUT2D eigenvalue weighted by atomic mass is 9.84. The fourth-order valence-electron chi connectivity index (χ4n) is 2.90. The van der Waals surface area contributed by atoms with Gasteiger partial charge in [-0.2, -0.15) is 10.4 Å². The zero-order chi connectivity index (χ0) is 18.5. The number of hydrogen-bond acceptors (Lipinski definition) is 5. The van der Waals surface area contributed by atoms with Gasteiger partial charge in [0, 0.05) is 6.92 Å². The Labute approximate surface area is 151 Å². The van der Waals surface area contributed by atoms with E-state index in [-0.39, 0.29) is 11.5 Å². The van der Waals surface area contributed by atoms with E-state index in [4.69, 9.17) is 5.73 Å². The summed E-state index contributed by atoms with van der Waals surface area (Å²) in [6.07, 6.45) is 1.12. The molecule has 0 radical (unpaired) electrons. The molecule has 2 aromatic rings. The van der Waals surface area contributed by atoms with Gasteiger partial charge in [-0.1, -0.05) is 48.5 Å². The Morgan fingerprint density at radius 1 is 1.19 bits per heavy atom. The van der Waals surface area contributed by atoms with Crippen LogP contribution in [0.2, 0.25) is 0 Å². The zero-order valence-electron chi connectivity index (χ0n) is 14.2. The molecule has 1 unspecified atom stereocenters. The van der Waals surface area contributed by atoms with Gasteiger partial charge in [-0.05, 0) is 17.7 Å². The molecule has 3 rings (SSSR count).